The second-order valence-corrected chi connectivity index (χ2v) is 6.68. The van der Waals surface area contributed by atoms with Crippen LogP contribution in [0.5, 0.6) is 0 Å². The van der Waals surface area contributed by atoms with E-state index in [2.05, 4.69) is 10.5 Å². The minimum Gasteiger partial charge on any atom is -0.391 e. The lowest BCUT2D eigenvalue weighted by Crippen LogP contribution is -2.47. The number of oxime groups is 1. The minimum atomic E-state index is -0.397. The molecule has 2 amide bonds. The Labute approximate surface area is 133 Å². The third-order valence-electron chi connectivity index (χ3n) is 3.87. The van der Waals surface area contributed by atoms with Crippen molar-refractivity contribution < 1.29 is 14.4 Å². The zero-order chi connectivity index (χ0) is 15.5. The number of nitrogens with one attached hydrogen (secondary N) is 1. The zero-order valence-electron chi connectivity index (χ0n) is 12.4. The maximum atomic E-state index is 12.4. The molecule has 3 heterocycles. The minimum absolute atomic E-state index is 0.00422. The molecule has 1 aromatic heterocycles. The number of amides is 2. The maximum absolute atomic E-state index is 12.4. The van der Waals surface area contributed by atoms with Crippen molar-refractivity contribution in [2.45, 2.75) is 44.8 Å². The summed E-state index contributed by atoms with van der Waals surface area (Å²) in [6, 6.07) is 3.48. The molecule has 22 heavy (non-hydrogen) atoms. The molecule has 1 N–H and O–H groups in total. The lowest BCUT2D eigenvalue weighted by atomic mass is 10.2. The average Bonchev–Trinajstić information content (AvgIpc) is 3.19. The Hall–Kier alpha value is -1.89. The van der Waals surface area contributed by atoms with Crippen LogP contribution in [0.1, 0.15) is 31.1 Å². The SMILES string of the molecule is C[C@@H]1CC(NC(=O)[C@H]2CCCN2C(=O)Cc2cccs2)=NO1. The van der Waals surface area contributed by atoms with E-state index in [-0.39, 0.29) is 17.9 Å². The van der Waals surface area contributed by atoms with Gasteiger partial charge in [0, 0.05) is 17.8 Å². The molecule has 0 saturated carbocycles. The molecule has 1 aromatic rings. The molecule has 7 heteroatoms. The topological polar surface area (TPSA) is 71.0 Å². The van der Waals surface area contributed by atoms with Crippen LogP contribution in [-0.4, -0.2) is 41.2 Å². The van der Waals surface area contributed by atoms with Gasteiger partial charge in [0.25, 0.3) is 0 Å². The first-order valence-electron chi connectivity index (χ1n) is 7.49. The first-order valence-corrected chi connectivity index (χ1v) is 8.37. The maximum Gasteiger partial charge on any atom is 0.248 e. The molecule has 0 bridgehead atoms. The number of carbonyl (C=O) groups excluding carboxylic acids is 2. The summed E-state index contributed by atoms with van der Waals surface area (Å²) in [5, 5.41) is 8.59. The van der Waals surface area contributed by atoms with E-state index in [0.717, 1.165) is 11.3 Å². The van der Waals surface area contributed by atoms with Crippen molar-refractivity contribution in [3.63, 3.8) is 0 Å². The van der Waals surface area contributed by atoms with Crippen LogP contribution in [0, 0.1) is 0 Å². The quantitative estimate of drug-likeness (QED) is 0.917. The van der Waals surface area contributed by atoms with Crippen molar-refractivity contribution in [2.75, 3.05) is 6.54 Å². The zero-order valence-corrected chi connectivity index (χ0v) is 13.3. The normalized spacial score (nSPS) is 24.0. The van der Waals surface area contributed by atoms with Gasteiger partial charge in [0.1, 0.15) is 12.1 Å². The van der Waals surface area contributed by atoms with Crippen LogP contribution in [-0.2, 0) is 20.8 Å². The van der Waals surface area contributed by atoms with Gasteiger partial charge in [0.15, 0.2) is 5.84 Å². The molecule has 2 aliphatic heterocycles. The first kappa shape index (κ1) is 15.0. The van der Waals surface area contributed by atoms with Crippen LogP contribution in [0.2, 0.25) is 0 Å². The van der Waals surface area contributed by atoms with Crippen molar-refractivity contribution >= 4 is 29.0 Å². The predicted molar refractivity (Wildman–Crippen MR) is 83.5 cm³/mol. The number of nitrogens with zero attached hydrogens (tertiary/aromatic N) is 2. The molecule has 3 rings (SSSR count). The monoisotopic (exact) mass is 321 g/mol. The number of likely N-dealkylation sites (tertiary alicyclic amines) is 1. The van der Waals surface area contributed by atoms with E-state index >= 15 is 0 Å². The molecule has 2 atom stereocenters. The van der Waals surface area contributed by atoms with Gasteiger partial charge in [-0.15, -0.1) is 11.3 Å². The van der Waals surface area contributed by atoms with E-state index in [0.29, 0.717) is 31.6 Å². The van der Waals surface area contributed by atoms with Crippen LogP contribution in [0.3, 0.4) is 0 Å². The molecule has 0 radical (unpaired) electrons. The second-order valence-electron chi connectivity index (χ2n) is 5.65. The summed E-state index contributed by atoms with van der Waals surface area (Å²) in [6.45, 7) is 2.54. The number of carbonyl (C=O) groups is 2. The fraction of sp³-hybridized carbons (Fsp3) is 0.533. The number of hydrogen-bond donors (Lipinski definition) is 1. The lowest BCUT2D eigenvalue weighted by Gasteiger charge is -2.23. The molecule has 0 unspecified atom stereocenters. The van der Waals surface area contributed by atoms with Crippen molar-refractivity contribution in [3.8, 4) is 0 Å². The van der Waals surface area contributed by atoms with Gasteiger partial charge in [-0.25, -0.2) is 0 Å². The van der Waals surface area contributed by atoms with E-state index in [1.165, 1.54) is 0 Å². The Kier molecular flexibility index (Phi) is 4.42. The van der Waals surface area contributed by atoms with Gasteiger partial charge in [-0.3, -0.25) is 9.59 Å². The van der Waals surface area contributed by atoms with Gasteiger partial charge >= 0.3 is 0 Å². The molecular formula is C15H19N3O3S. The molecule has 6 nitrogen and oxygen atoms in total. The van der Waals surface area contributed by atoms with E-state index in [9.17, 15) is 9.59 Å². The first-order chi connectivity index (χ1) is 10.6. The smallest absolute Gasteiger partial charge is 0.248 e. The van der Waals surface area contributed by atoms with Gasteiger partial charge in [0.05, 0.1) is 6.42 Å². The highest BCUT2D eigenvalue weighted by Crippen LogP contribution is 2.20. The third-order valence-corrected chi connectivity index (χ3v) is 4.75. The van der Waals surface area contributed by atoms with Crippen molar-refractivity contribution in [1.82, 2.24) is 10.2 Å². The Morgan fingerprint density at radius 2 is 2.41 bits per heavy atom. The van der Waals surface area contributed by atoms with Gasteiger partial charge in [-0.05, 0) is 31.2 Å². The molecule has 1 saturated heterocycles. The standard InChI is InChI=1S/C15H19N3O3S/c1-10-8-13(17-21-10)16-15(20)12-5-2-6-18(12)14(19)9-11-4-3-7-22-11/h3-4,7,10,12H,2,5-6,8-9H2,1H3,(H,16,17,20)/t10-,12-/m1/s1. The van der Waals surface area contributed by atoms with Crippen LogP contribution in [0.4, 0.5) is 0 Å². The number of amidine groups is 1. The van der Waals surface area contributed by atoms with Gasteiger partial charge in [-0.1, -0.05) is 11.2 Å². The summed E-state index contributed by atoms with van der Waals surface area (Å²) < 4.78 is 0. The van der Waals surface area contributed by atoms with Crippen molar-refractivity contribution in [3.05, 3.63) is 22.4 Å². The van der Waals surface area contributed by atoms with E-state index in [4.69, 9.17) is 4.84 Å². The van der Waals surface area contributed by atoms with Gasteiger partial charge in [-0.2, -0.15) is 0 Å². The molecule has 0 aliphatic carbocycles. The van der Waals surface area contributed by atoms with Crippen LogP contribution >= 0.6 is 11.3 Å². The molecular weight excluding hydrogens is 302 g/mol. The summed E-state index contributed by atoms with van der Waals surface area (Å²) in [7, 11) is 0. The number of hydrogen-bond acceptors (Lipinski definition) is 5. The van der Waals surface area contributed by atoms with Crippen LogP contribution in [0.25, 0.3) is 0 Å². The largest absolute Gasteiger partial charge is 0.391 e. The van der Waals surface area contributed by atoms with Gasteiger partial charge in [0.2, 0.25) is 11.8 Å². The van der Waals surface area contributed by atoms with E-state index in [1.807, 2.05) is 24.4 Å². The Bertz CT molecular complexity index is 585. The average molecular weight is 321 g/mol. The fourth-order valence-electron chi connectivity index (χ4n) is 2.80. The third kappa shape index (κ3) is 3.30. The molecule has 1 fully saturated rings. The molecule has 0 spiro atoms. The summed E-state index contributed by atoms with van der Waals surface area (Å²) in [6.07, 6.45) is 2.51. The van der Waals surface area contributed by atoms with Crippen molar-refractivity contribution in [1.29, 1.82) is 0 Å². The summed E-state index contributed by atoms with van der Waals surface area (Å²) in [4.78, 5) is 32.6. The van der Waals surface area contributed by atoms with E-state index < -0.39 is 6.04 Å². The summed E-state index contributed by atoms with van der Waals surface area (Å²) in [5.74, 6) is 0.404. The van der Waals surface area contributed by atoms with Crippen LogP contribution < -0.4 is 5.32 Å². The van der Waals surface area contributed by atoms with Crippen LogP contribution in [0.15, 0.2) is 22.7 Å². The predicted octanol–water partition coefficient (Wildman–Crippen LogP) is 1.52. The molecule has 0 aromatic carbocycles. The highest BCUT2D eigenvalue weighted by molar-refractivity contribution is 7.10. The summed E-state index contributed by atoms with van der Waals surface area (Å²) in [5.41, 5.74) is 0. The number of thiophene rings is 1. The van der Waals surface area contributed by atoms with Crippen molar-refractivity contribution in [2.24, 2.45) is 5.16 Å². The fourth-order valence-corrected chi connectivity index (χ4v) is 3.50. The molecule has 2 aliphatic rings. The lowest BCUT2D eigenvalue weighted by molar-refractivity contribution is -0.137. The Morgan fingerprint density at radius 1 is 1.55 bits per heavy atom. The van der Waals surface area contributed by atoms with E-state index in [1.54, 1.807) is 16.2 Å². The summed E-state index contributed by atoms with van der Waals surface area (Å²) >= 11 is 1.56. The Morgan fingerprint density at radius 3 is 3.09 bits per heavy atom. The second kappa shape index (κ2) is 6.48. The van der Waals surface area contributed by atoms with Gasteiger partial charge < -0.3 is 15.1 Å². The highest BCUT2D eigenvalue weighted by Gasteiger charge is 2.35. The molecule has 118 valence electrons. The number of rotatable bonds is 3. The Balaban J connectivity index is 1.60. The highest BCUT2D eigenvalue weighted by atomic mass is 32.1.